The zero-order valence-electron chi connectivity index (χ0n) is 42.9. The predicted molar refractivity (Wildman–Crippen MR) is 281 cm³/mol. The standard InChI is InChI=1S/C50H60N14O9.CH4O/c1-6-63-38(22-31(3)58-63)40(66)28-43-55-36-24-33(47(52)69)26-41(73-21-12-14-44(67)68)45(36)61(43)17-9-10-18-62-46-37(56-50(62)57-49(71)39-23-32(4)59-64(39)7-2)25-34(48(53)70)27-42(46)72-20-11-8-15-54-30-35(29-51)60(5)16-13-19-65;1-2/h8-11,19,22-27,29-30H,6-7,12-18,20-21,28,51H2,1-5H3,(H2,52,69)(H2,53,70)(H,67,68)(H,56,57,71);2H,1H3/b10-9+,11-8+,35-29+,54-30?;. The highest BCUT2D eigenvalue weighted by Gasteiger charge is 2.24. The maximum atomic E-state index is 14.0. The van der Waals surface area contributed by atoms with Crippen molar-refractivity contribution in [2.75, 3.05) is 45.8 Å². The van der Waals surface area contributed by atoms with Crippen LogP contribution in [0.15, 0.2) is 77.6 Å². The molecule has 0 fully saturated rings. The van der Waals surface area contributed by atoms with E-state index in [2.05, 4.69) is 20.5 Å². The van der Waals surface area contributed by atoms with Crippen molar-refractivity contribution in [1.82, 2.24) is 43.6 Å². The molecule has 6 rings (SSSR count). The van der Waals surface area contributed by atoms with Crippen molar-refractivity contribution in [3.8, 4) is 11.5 Å². The number of aldehydes is 1. The van der Waals surface area contributed by atoms with E-state index in [9.17, 15) is 33.9 Å². The number of primary amides is 2. The van der Waals surface area contributed by atoms with Crippen LogP contribution in [-0.2, 0) is 42.2 Å². The highest BCUT2D eigenvalue weighted by atomic mass is 16.5. The number of nitrogens with zero attached hydrogens (tertiary/aromatic N) is 10. The van der Waals surface area contributed by atoms with Crippen molar-refractivity contribution in [2.45, 2.75) is 79.6 Å². The van der Waals surface area contributed by atoms with Gasteiger partial charge < -0.3 is 55.7 Å². The number of benzene rings is 2. The molecule has 0 atom stereocenters. The Labute approximate surface area is 432 Å². The first-order valence-electron chi connectivity index (χ1n) is 24.0. The molecule has 24 heteroatoms. The summed E-state index contributed by atoms with van der Waals surface area (Å²) in [6, 6.07) is 9.34. The third-order valence-electron chi connectivity index (χ3n) is 11.4. The Morgan fingerprint density at radius 3 is 1.99 bits per heavy atom. The van der Waals surface area contributed by atoms with Crippen LogP contribution in [0.1, 0.15) is 92.0 Å². The summed E-state index contributed by atoms with van der Waals surface area (Å²) < 4.78 is 19.0. The number of amides is 3. The SMILES string of the molecule is CCn1nc(C)cc1C(=O)Cc1nc2cc(C(N)=O)cc(OCCCC(=O)O)c2n1C/C=C/Cn1c(NC(=O)c2cc(C)nn2CC)nc2cc(C(N)=O)cc(OC/C=C/CN=C/C(=C\N)N(C)CCC=O)c21.CO. The number of nitrogens with one attached hydrogen (secondary N) is 1. The number of nitrogens with two attached hydrogens (primary N) is 3. The molecule has 2 aromatic carbocycles. The van der Waals surface area contributed by atoms with Crippen molar-refractivity contribution in [1.29, 1.82) is 0 Å². The van der Waals surface area contributed by atoms with Gasteiger partial charge in [-0.05, 0) is 76.6 Å². The van der Waals surface area contributed by atoms with Crippen LogP contribution in [0.5, 0.6) is 11.5 Å². The van der Waals surface area contributed by atoms with E-state index in [1.807, 2.05) is 24.8 Å². The maximum absolute atomic E-state index is 14.0. The first kappa shape index (κ1) is 57.0. The number of aliphatic carboxylic acids is 1. The number of fused-ring (bicyclic) bond motifs is 2. The molecular formula is C51H64N14O10. The monoisotopic (exact) mass is 1030 g/mol. The molecule has 24 nitrogen and oxygen atoms in total. The van der Waals surface area contributed by atoms with Gasteiger partial charge in [-0.2, -0.15) is 10.2 Å². The molecule has 75 heavy (non-hydrogen) atoms. The summed E-state index contributed by atoms with van der Waals surface area (Å²) >= 11 is 0. The summed E-state index contributed by atoms with van der Waals surface area (Å²) in [4.78, 5) is 91.0. The molecule has 0 aliphatic carbocycles. The van der Waals surface area contributed by atoms with Gasteiger partial charge in [0.25, 0.3) is 5.91 Å². The number of aryl methyl sites for hydroxylation is 4. The normalized spacial score (nSPS) is 11.7. The number of Topliss-reactive ketones (excluding diaryl/α,β-unsaturated/α-hetero) is 1. The Bertz CT molecular complexity index is 3160. The van der Waals surface area contributed by atoms with Crippen molar-refractivity contribution in [2.24, 2.45) is 22.2 Å². The fourth-order valence-corrected chi connectivity index (χ4v) is 7.89. The van der Waals surface area contributed by atoms with Gasteiger partial charge in [0.05, 0.1) is 47.7 Å². The number of aromatic nitrogens is 8. The lowest BCUT2D eigenvalue weighted by molar-refractivity contribution is -0.137. The lowest BCUT2D eigenvalue weighted by atomic mass is 10.1. The molecule has 4 aromatic heterocycles. The molecule has 0 unspecified atom stereocenters. The molecule has 0 radical (unpaired) electrons. The summed E-state index contributed by atoms with van der Waals surface area (Å²) in [7, 11) is 2.80. The number of allylic oxidation sites excluding steroid dienone is 3. The van der Waals surface area contributed by atoms with E-state index >= 15 is 0 Å². The maximum Gasteiger partial charge on any atom is 0.303 e. The number of carboxylic acid groups (broad SMARTS) is 1. The average molecular weight is 1030 g/mol. The molecule has 398 valence electrons. The minimum Gasteiger partial charge on any atom is -0.491 e. The molecule has 3 amide bonds. The summed E-state index contributed by atoms with van der Waals surface area (Å²) in [5.74, 6) is -2.33. The third-order valence-corrected chi connectivity index (χ3v) is 11.4. The van der Waals surface area contributed by atoms with E-state index in [0.717, 1.165) is 13.4 Å². The van der Waals surface area contributed by atoms with Gasteiger partial charge in [-0.15, -0.1) is 0 Å². The first-order chi connectivity index (χ1) is 36.1. The van der Waals surface area contributed by atoms with E-state index in [0.29, 0.717) is 82.4 Å². The molecule has 0 aliphatic heterocycles. The Hall–Kier alpha value is -8.93. The van der Waals surface area contributed by atoms with E-state index in [-0.39, 0.29) is 86.5 Å². The molecule has 9 N–H and O–H groups in total. The Kier molecular flexibility index (Phi) is 20.7. The van der Waals surface area contributed by atoms with Gasteiger partial charge >= 0.3 is 5.97 Å². The van der Waals surface area contributed by atoms with Crippen molar-refractivity contribution in [3.63, 3.8) is 0 Å². The number of carboxylic acids is 1. The van der Waals surface area contributed by atoms with Gasteiger partial charge in [0, 0.05) is 83.3 Å². The van der Waals surface area contributed by atoms with Crippen LogP contribution < -0.4 is 32.0 Å². The molecule has 0 aliphatic rings. The topological polar surface area (TPSA) is 338 Å². The zero-order chi connectivity index (χ0) is 54.8. The highest BCUT2D eigenvalue weighted by Crippen LogP contribution is 2.33. The molecular weight excluding hydrogens is 969 g/mol. The molecule has 0 spiro atoms. The number of aliphatic hydroxyl groups is 1. The number of ether oxygens (including phenoxy) is 2. The summed E-state index contributed by atoms with van der Waals surface area (Å²) in [6.07, 6.45) is 11.2. The van der Waals surface area contributed by atoms with Crippen molar-refractivity contribution < 1.29 is 48.5 Å². The first-order valence-corrected chi connectivity index (χ1v) is 24.0. The van der Waals surface area contributed by atoms with Gasteiger partial charge in [0.1, 0.15) is 52.6 Å². The smallest absolute Gasteiger partial charge is 0.303 e. The summed E-state index contributed by atoms with van der Waals surface area (Å²) in [6.45, 7) is 9.17. The number of ketones is 1. The molecule has 0 saturated carbocycles. The minimum absolute atomic E-state index is 0.00439. The Balaban J connectivity index is 0.00000514. The molecule has 0 bridgehead atoms. The number of rotatable bonds is 28. The lowest BCUT2D eigenvalue weighted by Gasteiger charge is -2.17. The average Bonchev–Trinajstić information content (AvgIpc) is 4.17. The third kappa shape index (κ3) is 14.6. The number of carbonyl (C=O) groups is 6. The fourth-order valence-electron chi connectivity index (χ4n) is 7.89. The van der Waals surface area contributed by atoms with Gasteiger partial charge in [-0.25, -0.2) is 9.97 Å². The number of aliphatic imine (C=N–C) groups is 1. The summed E-state index contributed by atoms with van der Waals surface area (Å²) in [5, 5.41) is 28.1. The van der Waals surface area contributed by atoms with Crippen LogP contribution in [-0.4, -0.2) is 136 Å². The quantitative estimate of drug-likeness (QED) is 0.0134. The highest BCUT2D eigenvalue weighted by molar-refractivity contribution is 6.04. The van der Waals surface area contributed by atoms with E-state index in [1.165, 1.54) is 30.5 Å². The van der Waals surface area contributed by atoms with Crippen molar-refractivity contribution in [3.05, 3.63) is 112 Å². The number of imidazole rings is 2. The van der Waals surface area contributed by atoms with Crippen LogP contribution in [0.4, 0.5) is 5.95 Å². The van der Waals surface area contributed by atoms with Crippen LogP contribution >= 0.6 is 0 Å². The Morgan fingerprint density at radius 2 is 1.39 bits per heavy atom. The number of aliphatic hydroxyl groups excluding tert-OH is 1. The number of carbonyl (C=O) groups excluding carboxylic acids is 5. The van der Waals surface area contributed by atoms with Crippen molar-refractivity contribution >= 4 is 70.0 Å². The van der Waals surface area contributed by atoms with Gasteiger partial charge in [0.2, 0.25) is 17.8 Å². The molecule has 4 heterocycles. The van der Waals surface area contributed by atoms with E-state index in [4.69, 9.17) is 41.7 Å². The number of hydrogen-bond acceptors (Lipinski definition) is 16. The van der Waals surface area contributed by atoms with Gasteiger partial charge in [-0.3, -0.25) is 43.6 Å². The summed E-state index contributed by atoms with van der Waals surface area (Å²) in [5.41, 5.74) is 21.6. The second-order valence-electron chi connectivity index (χ2n) is 16.7. The minimum atomic E-state index is -0.998. The molecule has 0 saturated heterocycles. The molecule has 6 aromatic rings. The number of anilines is 1. The van der Waals surface area contributed by atoms with Gasteiger partial charge in [-0.1, -0.05) is 18.2 Å². The van der Waals surface area contributed by atoms with Crippen LogP contribution in [0, 0.1) is 13.8 Å². The zero-order valence-corrected chi connectivity index (χ0v) is 42.9. The number of hydrogen-bond donors (Lipinski definition) is 6. The lowest BCUT2D eigenvalue weighted by Crippen LogP contribution is -2.21. The van der Waals surface area contributed by atoms with E-state index < -0.39 is 23.7 Å². The second-order valence-corrected chi connectivity index (χ2v) is 16.7. The van der Waals surface area contributed by atoms with Crippen LogP contribution in [0.3, 0.4) is 0 Å². The Morgan fingerprint density at radius 1 is 0.800 bits per heavy atom. The predicted octanol–water partition coefficient (Wildman–Crippen LogP) is 3.75. The van der Waals surface area contributed by atoms with Crippen LogP contribution in [0.25, 0.3) is 22.1 Å². The van der Waals surface area contributed by atoms with Gasteiger partial charge in [0.15, 0.2) is 5.78 Å². The fraction of sp³-hybridized carbons (Fsp3) is 0.353. The largest absolute Gasteiger partial charge is 0.491 e. The van der Waals surface area contributed by atoms with E-state index in [1.54, 1.807) is 76.0 Å². The van der Waals surface area contributed by atoms with Crippen LogP contribution in [0.2, 0.25) is 0 Å². The second kappa shape index (κ2) is 27.2.